The molecule has 3 saturated heterocycles. The molecule has 0 bridgehead atoms. The van der Waals surface area contributed by atoms with E-state index in [4.69, 9.17) is 18.9 Å². The fourth-order valence-electron chi connectivity index (χ4n) is 11.8. The first kappa shape index (κ1) is 33.0. The van der Waals surface area contributed by atoms with Gasteiger partial charge in [0.15, 0.2) is 12.1 Å². The average molecular weight is 643 g/mol. The molecule has 4 saturated carbocycles. The average Bonchev–Trinajstić information content (AvgIpc) is 3.43. The van der Waals surface area contributed by atoms with E-state index in [2.05, 4.69) is 13.8 Å². The van der Waals surface area contributed by atoms with Crippen molar-refractivity contribution in [3.8, 4) is 0 Å². The second-order valence-electron chi connectivity index (χ2n) is 16.4. The number of fused-ring (bicyclic) bond motifs is 7. The predicted molar refractivity (Wildman–Crippen MR) is 156 cm³/mol. The Labute approximate surface area is 264 Å². The molecule has 0 aromatic heterocycles. The molecule has 20 atom stereocenters. The van der Waals surface area contributed by atoms with Gasteiger partial charge in [-0.3, -0.25) is 0 Å². The predicted octanol–water partition coefficient (Wildman–Crippen LogP) is -0.355. The summed E-state index contributed by atoms with van der Waals surface area (Å²) in [5.74, 6) is -0.256. The lowest BCUT2D eigenvalue weighted by atomic mass is 9.42. The number of ether oxygens (including phenoxy) is 4. The molecule has 3 heterocycles. The number of rotatable bonds is 3. The van der Waals surface area contributed by atoms with Crippen LogP contribution in [0.2, 0.25) is 0 Å². The van der Waals surface area contributed by atoms with Gasteiger partial charge in [-0.1, -0.05) is 27.7 Å². The second kappa shape index (κ2) is 11.0. The largest absolute Gasteiger partial charge is 0.394 e. The van der Waals surface area contributed by atoms with Crippen molar-refractivity contribution in [3.05, 3.63) is 0 Å². The summed E-state index contributed by atoms with van der Waals surface area (Å²) in [7, 11) is 0. The Hall–Kier alpha value is -0.480. The molecule has 12 nitrogen and oxygen atoms in total. The van der Waals surface area contributed by atoms with Crippen molar-refractivity contribution in [2.24, 2.45) is 46.3 Å². The SMILES string of the molecule is CC1COC2(CC1OC1OC(CO)C(O)C(O)C1O)OC1CC3C4CC(O)C5(O)CC(O)C(O)CC5(C)C4CCC3(C)C1C2C. The zero-order valence-electron chi connectivity index (χ0n) is 26.8. The Balaban J connectivity index is 1.10. The van der Waals surface area contributed by atoms with Crippen LogP contribution < -0.4 is 0 Å². The first-order valence-electron chi connectivity index (χ1n) is 17.1. The van der Waals surface area contributed by atoms with E-state index in [1.54, 1.807) is 0 Å². The van der Waals surface area contributed by atoms with Crippen LogP contribution in [-0.2, 0) is 18.9 Å². The van der Waals surface area contributed by atoms with E-state index in [9.17, 15) is 40.9 Å². The molecule has 7 rings (SSSR count). The van der Waals surface area contributed by atoms with Gasteiger partial charge in [0.1, 0.15) is 24.4 Å². The van der Waals surface area contributed by atoms with E-state index in [0.29, 0.717) is 19.4 Å². The Kier molecular flexibility index (Phi) is 8.09. The van der Waals surface area contributed by atoms with Gasteiger partial charge in [-0.25, -0.2) is 0 Å². The van der Waals surface area contributed by atoms with Crippen molar-refractivity contribution in [1.29, 1.82) is 0 Å². The van der Waals surface area contributed by atoms with Gasteiger partial charge in [-0.2, -0.15) is 0 Å². The van der Waals surface area contributed by atoms with Gasteiger partial charge < -0.3 is 59.8 Å². The fraction of sp³-hybridized carbons (Fsp3) is 1.00. The van der Waals surface area contributed by atoms with Gasteiger partial charge in [0, 0.05) is 30.1 Å². The third-order valence-corrected chi connectivity index (χ3v) is 14.4. The summed E-state index contributed by atoms with van der Waals surface area (Å²) in [6, 6.07) is 0. The Morgan fingerprint density at radius 2 is 1.58 bits per heavy atom. The summed E-state index contributed by atoms with van der Waals surface area (Å²) >= 11 is 0. The minimum Gasteiger partial charge on any atom is -0.394 e. The summed E-state index contributed by atoms with van der Waals surface area (Å²) in [5, 5.41) is 85.1. The molecule has 0 radical (unpaired) electrons. The molecule has 0 aromatic carbocycles. The molecule has 7 aliphatic rings. The van der Waals surface area contributed by atoms with E-state index < -0.39 is 78.5 Å². The van der Waals surface area contributed by atoms with Crippen molar-refractivity contribution in [3.63, 3.8) is 0 Å². The van der Waals surface area contributed by atoms with Crippen LogP contribution >= 0.6 is 0 Å². The highest BCUT2D eigenvalue weighted by molar-refractivity contribution is 5.20. The molecular weight excluding hydrogens is 588 g/mol. The zero-order chi connectivity index (χ0) is 32.4. The molecule has 0 aromatic rings. The van der Waals surface area contributed by atoms with E-state index in [0.717, 1.165) is 19.3 Å². The normalized spacial score (nSPS) is 62.7. The molecule has 4 aliphatic carbocycles. The third-order valence-electron chi connectivity index (χ3n) is 14.4. The van der Waals surface area contributed by atoms with Crippen molar-refractivity contribution in [2.45, 2.75) is 145 Å². The smallest absolute Gasteiger partial charge is 0.186 e. The van der Waals surface area contributed by atoms with Crippen LogP contribution in [0.25, 0.3) is 0 Å². The van der Waals surface area contributed by atoms with Crippen molar-refractivity contribution >= 4 is 0 Å². The quantitative estimate of drug-likeness (QED) is 0.199. The summed E-state index contributed by atoms with van der Waals surface area (Å²) in [6.07, 6.45) is -6.52. The second-order valence-corrected chi connectivity index (χ2v) is 16.4. The first-order valence-corrected chi connectivity index (χ1v) is 17.1. The number of aliphatic hydroxyl groups is 8. The summed E-state index contributed by atoms with van der Waals surface area (Å²) in [4.78, 5) is 0. The fourth-order valence-corrected chi connectivity index (χ4v) is 11.8. The first-order chi connectivity index (χ1) is 21.1. The van der Waals surface area contributed by atoms with E-state index in [1.807, 2.05) is 13.8 Å². The highest BCUT2D eigenvalue weighted by Crippen LogP contribution is 2.72. The van der Waals surface area contributed by atoms with Gasteiger partial charge in [0.05, 0.1) is 49.3 Å². The van der Waals surface area contributed by atoms with Gasteiger partial charge in [-0.05, 0) is 61.2 Å². The Morgan fingerprint density at radius 3 is 2.29 bits per heavy atom. The van der Waals surface area contributed by atoms with Crippen molar-refractivity contribution in [2.75, 3.05) is 13.2 Å². The molecule has 3 aliphatic heterocycles. The number of aliphatic hydroxyl groups excluding tert-OH is 7. The molecule has 258 valence electrons. The number of hydrogen-bond acceptors (Lipinski definition) is 12. The maximum Gasteiger partial charge on any atom is 0.186 e. The van der Waals surface area contributed by atoms with Gasteiger partial charge >= 0.3 is 0 Å². The van der Waals surface area contributed by atoms with E-state index in [-0.39, 0.29) is 59.9 Å². The van der Waals surface area contributed by atoms with Gasteiger partial charge in [-0.15, -0.1) is 0 Å². The van der Waals surface area contributed by atoms with E-state index >= 15 is 0 Å². The summed E-state index contributed by atoms with van der Waals surface area (Å²) in [5.41, 5.74) is -2.24. The van der Waals surface area contributed by atoms with Crippen LogP contribution in [0.5, 0.6) is 0 Å². The summed E-state index contributed by atoms with van der Waals surface area (Å²) in [6.45, 7) is 8.36. The highest BCUT2D eigenvalue weighted by Gasteiger charge is 2.73. The van der Waals surface area contributed by atoms with Crippen LogP contribution in [0.3, 0.4) is 0 Å². The van der Waals surface area contributed by atoms with Crippen molar-refractivity contribution in [1.82, 2.24) is 0 Å². The highest BCUT2D eigenvalue weighted by atomic mass is 16.7. The molecule has 7 fully saturated rings. The van der Waals surface area contributed by atoms with Crippen LogP contribution in [0, 0.1) is 46.3 Å². The topological polar surface area (TPSA) is 199 Å². The van der Waals surface area contributed by atoms with Crippen LogP contribution in [0.1, 0.15) is 72.6 Å². The lowest BCUT2D eigenvalue weighted by Gasteiger charge is -2.66. The van der Waals surface area contributed by atoms with Gasteiger partial charge in [0.2, 0.25) is 0 Å². The van der Waals surface area contributed by atoms with Crippen molar-refractivity contribution < 1.29 is 59.8 Å². The molecule has 0 amide bonds. The number of hydrogen-bond donors (Lipinski definition) is 8. The maximum atomic E-state index is 11.8. The standard InChI is InChI=1S/C33H54O12/c1-14-13-42-33(11-22(14)43-29-28(40)27(39)26(38)23(12-34)44-29)15(2)25-21(45-33)8-18-16-7-24(37)32(41)10-20(36)19(35)9-31(32,4)17(16)5-6-30(18,25)3/h14-29,34-41H,5-13H2,1-4H3. The summed E-state index contributed by atoms with van der Waals surface area (Å²) < 4.78 is 25.4. The zero-order valence-corrected chi connectivity index (χ0v) is 26.8. The minimum atomic E-state index is -1.52. The Bertz CT molecular complexity index is 1130. The lowest BCUT2D eigenvalue weighted by molar-refractivity contribution is -0.344. The Morgan fingerprint density at radius 1 is 0.867 bits per heavy atom. The molecule has 45 heavy (non-hydrogen) atoms. The van der Waals surface area contributed by atoms with E-state index in [1.165, 1.54) is 0 Å². The monoisotopic (exact) mass is 642 g/mol. The van der Waals surface area contributed by atoms with Gasteiger partial charge in [0.25, 0.3) is 0 Å². The van der Waals surface area contributed by atoms with Crippen LogP contribution in [0.4, 0.5) is 0 Å². The maximum absolute atomic E-state index is 11.8. The van der Waals surface area contributed by atoms with Crippen LogP contribution in [-0.4, -0.2) is 127 Å². The molecule has 1 spiro atoms. The molecule has 12 heteroatoms. The molecule has 20 unspecified atom stereocenters. The molecule has 8 N–H and O–H groups in total. The minimum absolute atomic E-state index is 0.00938. The lowest BCUT2D eigenvalue weighted by Crippen LogP contribution is -2.70. The van der Waals surface area contributed by atoms with Crippen LogP contribution in [0.15, 0.2) is 0 Å². The third kappa shape index (κ3) is 4.54. The molecular formula is C33H54O12.